The van der Waals surface area contributed by atoms with Crippen molar-refractivity contribution in [1.82, 2.24) is 31.9 Å². The van der Waals surface area contributed by atoms with Crippen LogP contribution in [0.3, 0.4) is 0 Å². The number of aliphatic hydroxyl groups is 1. The summed E-state index contributed by atoms with van der Waals surface area (Å²) in [5.41, 5.74) is 3.98. The molecule has 788 valence electrons. The van der Waals surface area contributed by atoms with E-state index in [-0.39, 0.29) is 63.9 Å². The van der Waals surface area contributed by atoms with E-state index in [2.05, 4.69) is 38.8 Å². The van der Waals surface area contributed by atoms with Crippen molar-refractivity contribution >= 4 is 79.7 Å². The Morgan fingerprint density at radius 3 is 1.07 bits per heavy atom. The van der Waals surface area contributed by atoms with Crippen LogP contribution in [0.2, 0.25) is 0 Å². The summed E-state index contributed by atoms with van der Waals surface area (Å²) in [7, 11) is 0. The number of nitrogens with one attached hydrogen (secondary N) is 6. The number of unbranched alkanes of at least 4 members (excludes halogenated alkanes) is 8. The average molecular weight is 2010 g/mol. The van der Waals surface area contributed by atoms with Gasteiger partial charge in [-0.05, 0) is 325 Å². The van der Waals surface area contributed by atoms with Crippen LogP contribution in [0, 0.1) is 35.5 Å². The molecule has 0 amide bonds. The van der Waals surface area contributed by atoms with E-state index in [0.717, 1.165) is 212 Å². The molecule has 6 fully saturated rings. The third kappa shape index (κ3) is 29.5. The lowest BCUT2D eigenvalue weighted by atomic mass is 9.83. The standard InChI is InChI=1S/2C22H23NO3.C22H43NO3.3C19H23NO3/c1-22(2,14-10-12-23-13-11-14)26-21(25)18-9-5-8-16-15-6-3-4-7-17(15)20(24)19(16)18;1-22(2,14-10-12-23-13-11-14)26-21(25)18-9-5-8-17-19(18)15-6-3-4-7-16(15)20(17)24;1-4-5-6-7-8-9-10-11-12-13-20(24)18-21(25)26-22(2,3)19-14-16-23-17-15-19;1-19(2,15-7-9-20-10-8-15)23-18(22)16-11-13-5-3-4-6-14(13)12-17(16)21;1-19(2,14-9-11-20-12-10-14)23-18(22)17-15-6-4-3-5-13(15)7-8-16(17)21;1-19(2,14-9-11-20-12-10-14)23-18(22)16-8-7-13-5-3-4-6-15(13)17(16)21/h2*3-9,14,23H,10-13H2,1-2H3;19-20,23-24H,4-18H2,1-3H3;3-6,11-12,15,20-21H,7-10H2,1-2H3;2*3-8,14,20-21H,9-12H2,1-2H3. The summed E-state index contributed by atoms with van der Waals surface area (Å²) in [6, 6.07) is 58.4. The molecular formula is C123H158N6O18. The Morgan fingerprint density at radius 2 is 0.626 bits per heavy atom. The second kappa shape index (κ2) is 51.9. The van der Waals surface area contributed by atoms with Crippen molar-refractivity contribution < 1.29 is 87.2 Å². The van der Waals surface area contributed by atoms with E-state index in [1.165, 1.54) is 44.9 Å². The predicted molar refractivity (Wildman–Crippen MR) is 581 cm³/mol. The van der Waals surface area contributed by atoms with Crippen molar-refractivity contribution in [2.24, 2.45) is 35.5 Å². The number of hydrogen-bond donors (Lipinski definition) is 10. The number of aromatic hydroxyl groups is 3. The van der Waals surface area contributed by atoms with Crippen molar-refractivity contribution in [3.05, 3.63) is 244 Å². The zero-order chi connectivity index (χ0) is 105. The topological polar surface area (TPSA) is 345 Å². The van der Waals surface area contributed by atoms with Gasteiger partial charge in [0, 0.05) is 68.7 Å². The van der Waals surface area contributed by atoms with Crippen molar-refractivity contribution in [1.29, 1.82) is 0 Å². The van der Waals surface area contributed by atoms with Crippen LogP contribution in [0.1, 0.15) is 321 Å². The SMILES string of the molecule is CC(C)(OC(=O)c1c(O)ccc2ccccc12)C1CCNCC1.CC(C)(OC(=O)c1cc2ccccc2cc1O)C1CCNCC1.CC(C)(OC(=O)c1ccc2ccccc2c1O)C1CCNCC1.CC(C)(OC(=O)c1cccc2c1-c1ccccc1C2=O)C1CCNCC1.CC(C)(OC(=O)c1cccc2c1C(=O)c1ccccc1-2)C1CCNCC1.CCCCCCCCCCCC(O)CC(=O)OC(C)(C)C1CCNCC1. The smallest absolute Gasteiger partial charge is 0.343 e. The van der Waals surface area contributed by atoms with E-state index < -0.39 is 63.6 Å². The van der Waals surface area contributed by atoms with Crippen molar-refractivity contribution in [3.63, 3.8) is 0 Å². The monoisotopic (exact) mass is 2010 g/mol. The lowest BCUT2D eigenvalue weighted by Gasteiger charge is -2.36. The highest BCUT2D eigenvalue weighted by Gasteiger charge is 2.44. The highest BCUT2D eigenvalue weighted by molar-refractivity contribution is 6.26. The number of phenols is 3. The number of ketones is 2. The Bertz CT molecular complexity index is 6110. The number of aliphatic hydroxyl groups excluding tert-OH is 1. The van der Waals surface area contributed by atoms with Crippen LogP contribution >= 0.6 is 0 Å². The van der Waals surface area contributed by atoms with Crippen molar-refractivity contribution in [2.75, 3.05) is 78.5 Å². The molecular weight excluding hydrogens is 1850 g/mol. The molecule has 24 heteroatoms. The second-order valence-corrected chi connectivity index (χ2v) is 43.9. The minimum absolute atomic E-state index is 0.00536. The average Bonchev–Trinajstić information content (AvgIpc) is 1.60. The Kier molecular flexibility index (Phi) is 39.7. The van der Waals surface area contributed by atoms with Gasteiger partial charge in [0.15, 0.2) is 11.6 Å². The van der Waals surface area contributed by atoms with Crippen LogP contribution in [0.5, 0.6) is 17.2 Å². The Morgan fingerprint density at radius 1 is 0.299 bits per heavy atom. The van der Waals surface area contributed by atoms with Gasteiger partial charge in [-0.1, -0.05) is 222 Å². The van der Waals surface area contributed by atoms with Crippen LogP contribution in [0.25, 0.3) is 54.6 Å². The van der Waals surface area contributed by atoms with Crippen LogP contribution in [-0.2, 0) is 33.2 Å². The summed E-state index contributed by atoms with van der Waals surface area (Å²) in [5, 5.41) is 65.9. The number of esters is 6. The summed E-state index contributed by atoms with van der Waals surface area (Å²) in [5.74, 6) is -0.548. The minimum Gasteiger partial charge on any atom is -0.507 e. The molecule has 10 aromatic carbocycles. The summed E-state index contributed by atoms with van der Waals surface area (Å²) < 4.78 is 34.9. The lowest BCUT2D eigenvalue weighted by molar-refractivity contribution is -0.165. The van der Waals surface area contributed by atoms with Crippen LogP contribution in [-0.4, -0.2) is 186 Å². The first kappa shape index (κ1) is 112. The minimum atomic E-state index is -0.559. The fourth-order valence-corrected chi connectivity index (χ4v) is 22.2. The van der Waals surface area contributed by atoms with E-state index in [4.69, 9.17) is 28.4 Å². The normalized spacial score (nSPS) is 16.7. The maximum Gasteiger partial charge on any atom is 0.343 e. The van der Waals surface area contributed by atoms with Gasteiger partial charge in [-0.2, -0.15) is 0 Å². The van der Waals surface area contributed by atoms with Crippen molar-refractivity contribution in [3.8, 4) is 39.5 Å². The molecule has 18 rings (SSSR count). The predicted octanol–water partition coefficient (Wildman–Crippen LogP) is 23.1. The number of fused-ring (bicyclic) bond motifs is 9. The van der Waals surface area contributed by atoms with Gasteiger partial charge in [0.25, 0.3) is 0 Å². The molecule has 10 aromatic rings. The zero-order valence-electron chi connectivity index (χ0n) is 88.8. The third-order valence-electron chi connectivity index (χ3n) is 31.4. The number of carbonyl (C=O) groups excluding carboxylic acids is 8. The molecule has 6 aliphatic heterocycles. The maximum atomic E-state index is 13.0. The molecule has 1 unspecified atom stereocenters. The third-order valence-corrected chi connectivity index (χ3v) is 31.4. The molecule has 10 N–H and O–H groups in total. The fraction of sp³-hybridized carbons (Fsp3) is 0.496. The van der Waals surface area contributed by atoms with Gasteiger partial charge in [0.2, 0.25) is 0 Å². The number of hydrogen-bond acceptors (Lipinski definition) is 24. The van der Waals surface area contributed by atoms with E-state index in [1.807, 2.05) is 217 Å². The number of ether oxygens (including phenoxy) is 6. The van der Waals surface area contributed by atoms with Gasteiger partial charge in [-0.15, -0.1) is 0 Å². The van der Waals surface area contributed by atoms with Gasteiger partial charge in [-0.3, -0.25) is 14.4 Å². The largest absolute Gasteiger partial charge is 0.507 e. The van der Waals surface area contributed by atoms with Gasteiger partial charge >= 0.3 is 35.8 Å². The Hall–Kier alpha value is -11.7. The number of piperidine rings is 6. The van der Waals surface area contributed by atoms with E-state index in [1.54, 1.807) is 60.7 Å². The molecule has 147 heavy (non-hydrogen) atoms. The number of rotatable bonds is 29. The summed E-state index contributed by atoms with van der Waals surface area (Å²) in [6.45, 7) is 37.4. The second-order valence-electron chi connectivity index (χ2n) is 43.9. The Balaban J connectivity index is 0.000000148. The van der Waals surface area contributed by atoms with Crippen molar-refractivity contribution in [2.45, 2.75) is 277 Å². The molecule has 0 aromatic heterocycles. The summed E-state index contributed by atoms with van der Waals surface area (Å²) >= 11 is 0. The summed E-state index contributed by atoms with van der Waals surface area (Å²) in [6.07, 6.45) is 23.7. The van der Waals surface area contributed by atoms with E-state index in [9.17, 15) is 58.8 Å². The lowest BCUT2D eigenvalue weighted by Crippen LogP contribution is -2.43. The van der Waals surface area contributed by atoms with E-state index in [0.29, 0.717) is 86.3 Å². The molecule has 0 bridgehead atoms. The van der Waals surface area contributed by atoms with Crippen LogP contribution in [0.15, 0.2) is 194 Å². The van der Waals surface area contributed by atoms with Gasteiger partial charge in [0.05, 0.1) is 23.7 Å². The highest BCUT2D eigenvalue weighted by atomic mass is 16.6. The zero-order valence-corrected chi connectivity index (χ0v) is 88.8. The molecule has 8 aliphatic rings. The number of carbonyl (C=O) groups is 8. The fourth-order valence-electron chi connectivity index (χ4n) is 22.2. The molecule has 6 saturated heterocycles. The van der Waals surface area contributed by atoms with Crippen LogP contribution < -0.4 is 31.9 Å². The molecule has 1 atom stereocenters. The first-order valence-corrected chi connectivity index (χ1v) is 53.9. The first-order valence-electron chi connectivity index (χ1n) is 53.9. The van der Waals surface area contributed by atoms with Gasteiger partial charge < -0.3 is 80.7 Å². The van der Waals surface area contributed by atoms with Crippen LogP contribution in [0.4, 0.5) is 0 Å². The maximum absolute atomic E-state index is 13.0. The molecule has 0 saturated carbocycles. The molecule has 0 spiro atoms. The molecule has 24 nitrogen and oxygen atoms in total. The molecule has 2 aliphatic carbocycles. The highest BCUT2D eigenvalue weighted by Crippen LogP contribution is 2.45. The van der Waals surface area contributed by atoms with Gasteiger partial charge in [0.1, 0.15) is 67.5 Å². The quantitative estimate of drug-likeness (QED) is 0.0118. The molecule has 0 radical (unpaired) electrons. The number of benzene rings is 10. The number of phenolic OH excluding ortho intramolecular Hbond substituents is 3. The first-order chi connectivity index (χ1) is 70.4. The summed E-state index contributed by atoms with van der Waals surface area (Å²) in [4.78, 5) is 102. The molecule has 6 heterocycles. The Labute approximate surface area is 868 Å². The van der Waals surface area contributed by atoms with Gasteiger partial charge in [-0.25, -0.2) is 24.0 Å². The van der Waals surface area contributed by atoms with E-state index >= 15 is 0 Å².